The first-order valence-electron chi connectivity index (χ1n) is 7.45. The van der Waals surface area contributed by atoms with Gasteiger partial charge in [-0.25, -0.2) is 0 Å². The van der Waals surface area contributed by atoms with Crippen molar-refractivity contribution in [2.75, 3.05) is 11.9 Å². The quantitative estimate of drug-likeness (QED) is 0.734. The van der Waals surface area contributed by atoms with Crippen molar-refractivity contribution < 1.29 is 9.59 Å². The average molecular weight is 368 g/mol. The van der Waals surface area contributed by atoms with Crippen LogP contribution in [0.4, 0.5) is 5.69 Å². The van der Waals surface area contributed by atoms with Crippen molar-refractivity contribution in [2.45, 2.75) is 19.9 Å². The van der Waals surface area contributed by atoms with Gasteiger partial charge in [0, 0.05) is 16.1 Å². The number of hydrogen-bond acceptors (Lipinski definition) is 4. The van der Waals surface area contributed by atoms with Gasteiger partial charge in [-0.15, -0.1) is 23.7 Å². The number of anilines is 1. The number of hydrogen-bond donors (Lipinski definition) is 3. The number of nitrogens with two attached hydrogens (primary N) is 1. The minimum absolute atomic E-state index is 0. The Morgan fingerprint density at radius 2 is 1.88 bits per heavy atom. The lowest BCUT2D eigenvalue weighted by atomic mass is 10.1. The van der Waals surface area contributed by atoms with Crippen LogP contribution in [0.1, 0.15) is 13.8 Å². The zero-order valence-electron chi connectivity index (χ0n) is 13.6. The van der Waals surface area contributed by atoms with Crippen LogP contribution in [0.2, 0.25) is 0 Å². The summed E-state index contributed by atoms with van der Waals surface area (Å²) in [5.74, 6) is -0.572. The van der Waals surface area contributed by atoms with Crippen molar-refractivity contribution in [1.29, 1.82) is 0 Å². The first kappa shape index (κ1) is 20.2. The number of carbonyl (C=O) groups excluding carboxylic acids is 2. The normalized spacial score (nSPS) is 11.5. The summed E-state index contributed by atoms with van der Waals surface area (Å²) in [6.45, 7) is 3.63. The Balaban J connectivity index is 0.00000288. The molecule has 24 heavy (non-hydrogen) atoms. The Morgan fingerprint density at radius 1 is 1.17 bits per heavy atom. The molecule has 0 aliphatic carbocycles. The molecule has 2 amide bonds. The second-order valence-corrected chi connectivity index (χ2v) is 6.51. The van der Waals surface area contributed by atoms with Crippen molar-refractivity contribution in [2.24, 2.45) is 11.7 Å². The molecule has 130 valence electrons. The summed E-state index contributed by atoms with van der Waals surface area (Å²) in [5, 5.41) is 7.39. The predicted molar refractivity (Wildman–Crippen MR) is 101 cm³/mol. The lowest BCUT2D eigenvalue weighted by molar-refractivity contribution is -0.125. The summed E-state index contributed by atoms with van der Waals surface area (Å²) in [7, 11) is 0. The van der Waals surface area contributed by atoms with E-state index in [4.69, 9.17) is 5.73 Å². The summed E-state index contributed by atoms with van der Waals surface area (Å²) in [6.07, 6.45) is 0. The highest BCUT2D eigenvalue weighted by molar-refractivity contribution is 7.13. The van der Waals surface area contributed by atoms with E-state index in [0.717, 1.165) is 16.1 Å². The summed E-state index contributed by atoms with van der Waals surface area (Å²) in [5.41, 5.74) is 7.43. The Hall–Kier alpha value is -1.89. The smallest absolute Gasteiger partial charge is 0.243 e. The highest BCUT2D eigenvalue weighted by atomic mass is 35.5. The third-order valence-corrected chi connectivity index (χ3v) is 4.34. The molecule has 1 heterocycles. The van der Waals surface area contributed by atoms with E-state index >= 15 is 0 Å². The molecule has 0 fully saturated rings. The number of halogens is 1. The maximum Gasteiger partial charge on any atom is 0.243 e. The fourth-order valence-corrected chi connectivity index (χ4v) is 2.79. The first-order chi connectivity index (χ1) is 11.0. The van der Waals surface area contributed by atoms with Gasteiger partial charge in [-0.05, 0) is 23.4 Å². The standard InChI is InChI=1S/C17H21N3O2S.ClH/c1-11(2)16(18)17(22)19-10-15(21)20-13-7-4-3-6-12(13)14-8-5-9-23-14;/h3-9,11,16H,10,18H2,1-2H3,(H,19,22)(H,20,21);1H/t16-;/m0./s1. The summed E-state index contributed by atoms with van der Waals surface area (Å²) >= 11 is 1.61. The van der Waals surface area contributed by atoms with Crippen LogP contribution < -0.4 is 16.4 Å². The number of benzene rings is 1. The fourth-order valence-electron chi connectivity index (χ4n) is 2.02. The van der Waals surface area contributed by atoms with E-state index in [1.165, 1.54) is 0 Å². The molecule has 4 N–H and O–H groups in total. The van der Waals surface area contributed by atoms with E-state index in [-0.39, 0.29) is 36.7 Å². The molecular weight excluding hydrogens is 346 g/mol. The molecule has 0 unspecified atom stereocenters. The van der Waals surface area contributed by atoms with Gasteiger partial charge in [0.05, 0.1) is 12.6 Å². The third-order valence-electron chi connectivity index (χ3n) is 3.43. The number of carbonyl (C=O) groups is 2. The monoisotopic (exact) mass is 367 g/mol. The van der Waals surface area contributed by atoms with Gasteiger partial charge >= 0.3 is 0 Å². The number of amides is 2. The summed E-state index contributed by atoms with van der Waals surface area (Å²) < 4.78 is 0. The van der Waals surface area contributed by atoms with Crippen molar-refractivity contribution in [3.05, 3.63) is 41.8 Å². The van der Waals surface area contributed by atoms with E-state index in [0.29, 0.717) is 0 Å². The van der Waals surface area contributed by atoms with Crippen LogP contribution >= 0.6 is 23.7 Å². The lowest BCUT2D eigenvalue weighted by Crippen LogP contribution is -2.46. The Kier molecular flexibility index (Phi) is 7.91. The van der Waals surface area contributed by atoms with Crippen LogP contribution in [0, 0.1) is 5.92 Å². The van der Waals surface area contributed by atoms with Crippen molar-refractivity contribution in [3.8, 4) is 10.4 Å². The molecule has 1 aromatic carbocycles. The molecule has 0 aliphatic rings. The SMILES string of the molecule is CC(C)[C@H](N)C(=O)NCC(=O)Nc1ccccc1-c1cccs1.Cl. The van der Waals surface area contributed by atoms with Crippen LogP contribution in [0.3, 0.4) is 0 Å². The van der Waals surface area contributed by atoms with E-state index in [1.807, 2.05) is 55.6 Å². The number of rotatable bonds is 6. The maximum absolute atomic E-state index is 12.1. The number of thiophene rings is 1. The topological polar surface area (TPSA) is 84.2 Å². The van der Waals surface area contributed by atoms with E-state index < -0.39 is 6.04 Å². The molecule has 0 bridgehead atoms. The molecule has 1 atom stereocenters. The van der Waals surface area contributed by atoms with Gasteiger partial charge < -0.3 is 16.4 Å². The molecule has 2 aromatic rings. The molecule has 2 rings (SSSR count). The van der Waals surface area contributed by atoms with E-state index in [2.05, 4.69) is 10.6 Å². The Labute approximate surface area is 152 Å². The van der Waals surface area contributed by atoms with Crippen LogP contribution in [0.5, 0.6) is 0 Å². The molecule has 0 aliphatic heterocycles. The Morgan fingerprint density at radius 3 is 2.50 bits per heavy atom. The van der Waals surface area contributed by atoms with Gasteiger partial charge in [-0.3, -0.25) is 9.59 Å². The summed E-state index contributed by atoms with van der Waals surface area (Å²) in [4.78, 5) is 24.9. The highest BCUT2D eigenvalue weighted by Crippen LogP contribution is 2.31. The van der Waals surface area contributed by atoms with Crippen molar-refractivity contribution in [3.63, 3.8) is 0 Å². The molecule has 0 spiro atoms. The van der Waals surface area contributed by atoms with Crippen molar-refractivity contribution in [1.82, 2.24) is 5.32 Å². The zero-order chi connectivity index (χ0) is 16.8. The van der Waals surface area contributed by atoms with Crippen molar-refractivity contribution >= 4 is 41.2 Å². The molecule has 5 nitrogen and oxygen atoms in total. The predicted octanol–water partition coefficient (Wildman–Crippen LogP) is 2.87. The minimum Gasteiger partial charge on any atom is -0.346 e. The molecular formula is C17H22ClN3O2S. The molecule has 0 saturated heterocycles. The second kappa shape index (κ2) is 9.42. The maximum atomic E-state index is 12.1. The Bertz CT molecular complexity index is 674. The van der Waals surface area contributed by atoms with Gasteiger partial charge in [-0.2, -0.15) is 0 Å². The van der Waals surface area contributed by atoms with Gasteiger partial charge in [0.2, 0.25) is 11.8 Å². The van der Waals surface area contributed by atoms with Gasteiger partial charge in [0.25, 0.3) is 0 Å². The molecule has 0 saturated carbocycles. The molecule has 1 aromatic heterocycles. The average Bonchev–Trinajstić information content (AvgIpc) is 3.06. The van der Waals surface area contributed by atoms with Gasteiger partial charge in [0.1, 0.15) is 0 Å². The molecule has 0 radical (unpaired) electrons. The van der Waals surface area contributed by atoms with E-state index in [1.54, 1.807) is 11.3 Å². The number of para-hydroxylation sites is 1. The van der Waals surface area contributed by atoms with Crippen LogP contribution in [0.25, 0.3) is 10.4 Å². The number of nitrogens with one attached hydrogen (secondary N) is 2. The minimum atomic E-state index is -0.610. The van der Waals surface area contributed by atoms with Crippen LogP contribution in [-0.4, -0.2) is 24.4 Å². The largest absolute Gasteiger partial charge is 0.346 e. The zero-order valence-corrected chi connectivity index (χ0v) is 15.2. The highest BCUT2D eigenvalue weighted by Gasteiger charge is 2.18. The first-order valence-corrected chi connectivity index (χ1v) is 8.33. The fraction of sp³-hybridized carbons (Fsp3) is 0.294. The van der Waals surface area contributed by atoms with Gasteiger partial charge in [-0.1, -0.05) is 38.1 Å². The van der Waals surface area contributed by atoms with Crippen LogP contribution in [-0.2, 0) is 9.59 Å². The van der Waals surface area contributed by atoms with Gasteiger partial charge in [0.15, 0.2) is 0 Å². The van der Waals surface area contributed by atoms with Crippen LogP contribution in [0.15, 0.2) is 41.8 Å². The molecule has 7 heteroatoms. The van der Waals surface area contributed by atoms with E-state index in [9.17, 15) is 9.59 Å². The lowest BCUT2D eigenvalue weighted by Gasteiger charge is -2.15. The summed E-state index contributed by atoms with van der Waals surface area (Å²) in [6, 6.07) is 10.9. The second-order valence-electron chi connectivity index (χ2n) is 5.56. The third kappa shape index (κ3) is 5.33.